The molecular formula is C16H16F2N2. The first kappa shape index (κ1) is 12.9. The van der Waals surface area contributed by atoms with Crippen molar-refractivity contribution in [3.8, 4) is 0 Å². The maximum Gasteiger partial charge on any atom is 0.290 e. The number of nitrogens with two attached hydrogens (primary N) is 1. The van der Waals surface area contributed by atoms with Gasteiger partial charge in [0.25, 0.3) is 5.92 Å². The number of hydrogen-bond donors (Lipinski definition) is 1. The molecule has 0 saturated carbocycles. The van der Waals surface area contributed by atoms with Gasteiger partial charge in [0.2, 0.25) is 0 Å². The fourth-order valence-corrected chi connectivity index (χ4v) is 2.67. The Bertz CT molecular complexity index is 611. The third-order valence-corrected chi connectivity index (χ3v) is 3.68. The van der Waals surface area contributed by atoms with Gasteiger partial charge >= 0.3 is 0 Å². The lowest BCUT2D eigenvalue weighted by atomic mass is 10.1. The van der Waals surface area contributed by atoms with Gasteiger partial charge in [-0.15, -0.1) is 0 Å². The van der Waals surface area contributed by atoms with Crippen molar-refractivity contribution in [2.75, 3.05) is 23.7 Å². The zero-order valence-corrected chi connectivity index (χ0v) is 11.0. The number of fused-ring (bicyclic) bond motifs is 1. The molecule has 2 aromatic rings. The molecule has 0 unspecified atom stereocenters. The predicted octanol–water partition coefficient (Wildman–Crippen LogP) is 3.42. The number of hydrogen-bond acceptors (Lipinski definition) is 2. The summed E-state index contributed by atoms with van der Waals surface area (Å²) in [6, 6.07) is 13.4. The van der Waals surface area contributed by atoms with Gasteiger partial charge in [-0.05, 0) is 30.2 Å². The van der Waals surface area contributed by atoms with Gasteiger partial charge in [-0.3, -0.25) is 0 Å². The first-order valence-corrected chi connectivity index (χ1v) is 6.63. The molecule has 0 saturated heterocycles. The standard InChI is InChI=1S/C16H16F2N2/c17-16(18,13-4-2-1-3-5-13)11-20-9-8-12-10-14(19)6-7-15(12)20/h1-7,10H,8-9,11,19H2. The fraction of sp³-hybridized carbons (Fsp3) is 0.250. The summed E-state index contributed by atoms with van der Waals surface area (Å²) in [7, 11) is 0. The lowest BCUT2D eigenvalue weighted by Crippen LogP contribution is -2.34. The highest BCUT2D eigenvalue weighted by atomic mass is 19.3. The first-order valence-electron chi connectivity index (χ1n) is 6.63. The largest absolute Gasteiger partial charge is 0.399 e. The molecule has 0 fully saturated rings. The topological polar surface area (TPSA) is 29.3 Å². The zero-order chi connectivity index (χ0) is 14.2. The van der Waals surface area contributed by atoms with Gasteiger partial charge in [-0.1, -0.05) is 30.3 Å². The summed E-state index contributed by atoms with van der Waals surface area (Å²) < 4.78 is 28.6. The van der Waals surface area contributed by atoms with Gasteiger partial charge in [0.1, 0.15) is 0 Å². The summed E-state index contributed by atoms with van der Waals surface area (Å²) in [5.41, 5.74) is 8.39. The molecule has 0 bridgehead atoms. The molecule has 2 nitrogen and oxygen atoms in total. The molecule has 0 aromatic heterocycles. The van der Waals surface area contributed by atoms with E-state index in [0.29, 0.717) is 12.2 Å². The monoisotopic (exact) mass is 274 g/mol. The van der Waals surface area contributed by atoms with Crippen molar-refractivity contribution in [1.82, 2.24) is 0 Å². The molecule has 2 N–H and O–H groups in total. The molecule has 0 aliphatic carbocycles. The molecular weight excluding hydrogens is 258 g/mol. The highest BCUT2D eigenvalue weighted by Crippen LogP contribution is 2.35. The van der Waals surface area contributed by atoms with Crippen LogP contribution in [-0.2, 0) is 12.3 Å². The van der Waals surface area contributed by atoms with Gasteiger partial charge in [0, 0.05) is 23.5 Å². The summed E-state index contributed by atoms with van der Waals surface area (Å²) in [4.78, 5) is 1.74. The number of rotatable bonds is 3. The Morgan fingerprint density at radius 1 is 1.10 bits per heavy atom. The Balaban J connectivity index is 1.83. The van der Waals surface area contributed by atoms with Crippen LogP contribution in [0.4, 0.5) is 20.2 Å². The van der Waals surface area contributed by atoms with E-state index in [4.69, 9.17) is 5.73 Å². The van der Waals surface area contributed by atoms with E-state index in [9.17, 15) is 8.78 Å². The van der Waals surface area contributed by atoms with E-state index in [1.165, 1.54) is 12.1 Å². The number of nitrogens with zero attached hydrogens (tertiary/aromatic N) is 1. The number of nitrogen functional groups attached to an aromatic ring is 1. The molecule has 0 amide bonds. The fourth-order valence-electron chi connectivity index (χ4n) is 2.67. The normalized spacial score (nSPS) is 14.4. The van der Waals surface area contributed by atoms with E-state index in [1.54, 1.807) is 29.2 Å². The molecule has 20 heavy (non-hydrogen) atoms. The minimum atomic E-state index is -2.86. The highest BCUT2D eigenvalue weighted by Gasteiger charge is 2.35. The lowest BCUT2D eigenvalue weighted by Gasteiger charge is -2.26. The Labute approximate surface area is 116 Å². The number of benzene rings is 2. The molecule has 1 aliphatic heterocycles. The Morgan fingerprint density at radius 3 is 2.60 bits per heavy atom. The minimum absolute atomic E-state index is 0.0592. The highest BCUT2D eigenvalue weighted by molar-refractivity contribution is 5.63. The maximum absolute atomic E-state index is 14.3. The third kappa shape index (κ3) is 2.33. The van der Waals surface area contributed by atoms with Crippen LogP contribution in [-0.4, -0.2) is 13.1 Å². The van der Waals surface area contributed by atoms with Crippen LogP contribution < -0.4 is 10.6 Å². The number of halogens is 2. The minimum Gasteiger partial charge on any atom is -0.399 e. The van der Waals surface area contributed by atoms with E-state index in [-0.39, 0.29) is 12.1 Å². The quantitative estimate of drug-likeness (QED) is 0.869. The van der Waals surface area contributed by atoms with Crippen LogP contribution in [0.15, 0.2) is 48.5 Å². The smallest absolute Gasteiger partial charge is 0.290 e. The van der Waals surface area contributed by atoms with E-state index in [1.807, 2.05) is 12.1 Å². The van der Waals surface area contributed by atoms with Crippen molar-refractivity contribution in [2.24, 2.45) is 0 Å². The van der Waals surface area contributed by atoms with Crippen molar-refractivity contribution in [1.29, 1.82) is 0 Å². The average molecular weight is 274 g/mol. The molecule has 4 heteroatoms. The van der Waals surface area contributed by atoms with Crippen LogP contribution >= 0.6 is 0 Å². The van der Waals surface area contributed by atoms with Crippen molar-refractivity contribution < 1.29 is 8.78 Å². The van der Waals surface area contributed by atoms with Gasteiger partial charge < -0.3 is 10.6 Å². The molecule has 104 valence electrons. The van der Waals surface area contributed by atoms with Gasteiger partial charge in [-0.25, -0.2) is 0 Å². The zero-order valence-electron chi connectivity index (χ0n) is 11.0. The third-order valence-electron chi connectivity index (χ3n) is 3.68. The summed E-state index contributed by atoms with van der Waals surface area (Å²) in [5, 5.41) is 0. The van der Waals surface area contributed by atoms with Gasteiger partial charge in [-0.2, -0.15) is 8.78 Å². The summed E-state index contributed by atoms with van der Waals surface area (Å²) in [6.45, 7) is 0.315. The van der Waals surface area contributed by atoms with Crippen molar-refractivity contribution in [3.63, 3.8) is 0 Å². The summed E-state index contributed by atoms with van der Waals surface area (Å²) in [6.07, 6.45) is 0.769. The summed E-state index contributed by atoms with van der Waals surface area (Å²) >= 11 is 0. The van der Waals surface area contributed by atoms with Gasteiger partial charge in [0.05, 0.1) is 6.54 Å². The second kappa shape index (κ2) is 4.78. The Morgan fingerprint density at radius 2 is 1.85 bits per heavy atom. The predicted molar refractivity (Wildman–Crippen MR) is 77.1 cm³/mol. The number of alkyl halides is 2. The van der Waals surface area contributed by atoms with Crippen LogP contribution in [0.1, 0.15) is 11.1 Å². The Hall–Kier alpha value is -2.10. The summed E-state index contributed by atoms with van der Waals surface area (Å²) in [5.74, 6) is -2.86. The van der Waals surface area contributed by atoms with Crippen LogP contribution in [0.25, 0.3) is 0 Å². The van der Waals surface area contributed by atoms with Crippen LogP contribution in [0.3, 0.4) is 0 Å². The van der Waals surface area contributed by atoms with E-state index in [2.05, 4.69) is 0 Å². The van der Waals surface area contributed by atoms with E-state index >= 15 is 0 Å². The van der Waals surface area contributed by atoms with Crippen LogP contribution in [0, 0.1) is 0 Å². The lowest BCUT2D eigenvalue weighted by molar-refractivity contribution is 0.00433. The molecule has 0 spiro atoms. The average Bonchev–Trinajstić information content (AvgIpc) is 2.81. The second-order valence-corrected chi connectivity index (χ2v) is 5.13. The van der Waals surface area contributed by atoms with Crippen molar-refractivity contribution >= 4 is 11.4 Å². The molecule has 2 aromatic carbocycles. The van der Waals surface area contributed by atoms with Crippen molar-refractivity contribution in [2.45, 2.75) is 12.3 Å². The molecule has 1 aliphatic rings. The van der Waals surface area contributed by atoms with Crippen LogP contribution in [0.5, 0.6) is 0 Å². The van der Waals surface area contributed by atoms with Gasteiger partial charge in [0.15, 0.2) is 0 Å². The second-order valence-electron chi connectivity index (χ2n) is 5.13. The van der Waals surface area contributed by atoms with Crippen molar-refractivity contribution in [3.05, 3.63) is 59.7 Å². The molecule has 0 radical (unpaired) electrons. The van der Waals surface area contributed by atoms with E-state index in [0.717, 1.165) is 17.7 Å². The SMILES string of the molecule is Nc1ccc2c(c1)CCN2CC(F)(F)c1ccccc1. The number of anilines is 2. The molecule has 1 heterocycles. The molecule has 0 atom stereocenters. The van der Waals surface area contributed by atoms with Crippen LogP contribution in [0.2, 0.25) is 0 Å². The van der Waals surface area contributed by atoms with E-state index < -0.39 is 5.92 Å². The first-order chi connectivity index (χ1) is 9.56. The molecule has 3 rings (SSSR count). The Kier molecular flexibility index (Phi) is 3.08. The maximum atomic E-state index is 14.3.